The van der Waals surface area contributed by atoms with Crippen molar-refractivity contribution in [2.24, 2.45) is 11.8 Å². The summed E-state index contributed by atoms with van der Waals surface area (Å²) in [5.74, 6) is 1.24. The summed E-state index contributed by atoms with van der Waals surface area (Å²) < 4.78 is 12.3. The molecule has 1 saturated carbocycles. The Hall–Kier alpha value is -2.25. The number of carboxylic acid groups (broad SMARTS) is 1. The molecule has 1 aliphatic carbocycles. The van der Waals surface area contributed by atoms with E-state index in [0.29, 0.717) is 17.1 Å². The van der Waals surface area contributed by atoms with Gasteiger partial charge in [-0.25, -0.2) is 4.98 Å². The highest BCUT2D eigenvalue weighted by Crippen LogP contribution is 2.50. The van der Waals surface area contributed by atoms with Crippen LogP contribution in [0.15, 0.2) is 34.9 Å². The summed E-state index contributed by atoms with van der Waals surface area (Å²) in [4.78, 5) is 16.6. The molecule has 3 fully saturated rings. The van der Waals surface area contributed by atoms with Gasteiger partial charge in [-0.2, -0.15) is 0 Å². The molecule has 1 aromatic heterocycles. The van der Waals surface area contributed by atoms with Crippen LogP contribution in [0.2, 0.25) is 0 Å². The Morgan fingerprint density at radius 1 is 1.05 bits per heavy atom. The molecule has 0 unspecified atom stereocenters. The summed E-state index contributed by atoms with van der Waals surface area (Å²) in [5.41, 5.74) is 3.01. The molecule has 0 amide bonds. The molecular formula is C30H40N2O4S. The number of nitrogens with zero attached hydrogens (tertiary/aromatic N) is 1. The lowest BCUT2D eigenvalue weighted by atomic mass is 9.75. The van der Waals surface area contributed by atoms with Crippen LogP contribution in [0.25, 0.3) is 0 Å². The molecule has 0 spiro atoms. The van der Waals surface area contributed by atoms with Crippen molar-refractivity contribution in [2.45, 2.75) is 102 Å². The van der Waals surface area contributed by atoms with E-state index in [1.165, 1.54) is 50.5 Å². The van der Waals surface area contributed by atoms with Crippen molar-refractivity contribution in [3.63, 3.8) is 0 Å². The third kappa shape index (κ3) is 6.61. The highest BCUT2D eigenvalue weighted by Gasteiger charge is 2.51. The van der Waals surface area contributed by atoms with E-state index in [0.717, 1.165) is 49.6 Å². The van der Waals surface area contributed by atoms with Gasteiger partial charge in [-0.05, 0) is 49.1 Å². The van der Waals surface area contributed by atoms with Gasteiger partial charge in [0.15, 0.2) is 0 Å². The van der Waals surface area contributed by atoms with Crippen LogP contribution in [-0.4, -0.2) is 39.8 Å². The van der Waals surface area contributed by atoms with Crippen molar-refractivity contribution in [3.05, 3.63) is 53.2 Å². The largest absolute Gasteiger partial charge is 0.481 e. The lowest BCUT2D eigenvalue weighted by molar-refractivity contribution is -0.136. The Morgan fingerprint density at radius 2 is 1.84 bits per heavy atom. The smallest absolute Gasteiger partial charge is 0.303 e. The predicted octanol–water partition coefficient (Wildman–Crippen LogP) is 6.21. The van der Waals surface area contributed by atoms with E-state index in [-0.39, 0.29) is 30.5 Å². The summed E-state index contributed by atoms with van der Waals surface area (Å²) in [7, 11) is 0. The summed E-state index contributed by atoms with van der Waals surface area (Å²) in [6, 6.07) is 8.18. The summed E-state index contributed by atoms with van der Waals surface area (Å²) in [5, 5.41) is 12.5. The number of fused-ring (bicyclic) bond motifs is 2. The number of nitrogens with one attached hydrogen (secondary N) is 1. The number of carboxylic acids is 1. The second-order valence-corrected chi connectivity index (χ2v) is 11.6. The fraction of sp³-hybridized carbons (Fsp3) is 0.633. The molecule has 2 N–H and O–H groups in total. The van der Waals surface area contributed by atoms with Gasteiger partial charge >= 0.3 is 5.97 Å². The number of aliphatic carboxylic acids is 1. The summed E-state index contributed by atoms with van der Waals surface area (Å²) in [6.07, 6.45) is 16.4. The van der Waals surface area contributed by atoms with E-state index >= 15 is 0 Å². The molecule has 6 nitrogen and oxygen atoms in total. The molecule has 4 atom stereocenters. The fourth-order valence-electron chi connectivity index (χ4n) is 6.74. The van der Waals surface area contributed by atoms with E-state index in [9.17, 15) is 4.79 Å². The van der Waals surface area contributed by atoms with Crippen molar-refractivity contribution in [2.75, 3.05) is 6.54 Å². The quantitative estimate of drug-likeness (QED) is 0.252. The normalized spacial score (nSPS) is 25.4. The Bertz CT molecular complexity index is 1060. The highest BCUT2D eigenvalue weighted by atomic mass is 32.1. The van der Waals surface area contributed by atoms with Crippen molar-refractivity contribution in [3.8, 4) is 0 Å². The van der Waals surface area contributed by atoms with E-state index in [1.807, 2.05) is 18.2 Å². The Kier molecular flexibility index (Phi) is 8.93. The van der Waals surface area contributed by atoms with E-state index < -0.39 is 5.97 Å². The Balaban J connectivity index is 1.17. The van der Waals surface area contributed by atoms with Crippen LogP contribution in [0.1, 0.15) is 99.3 Å². The predicted molar refractivity (Wildman–Crippen MR) is 147 cm³/mol. The number of carbonyl (C=O) groups is 1. The first-order chi connectivity index (χ1) is 18.1. The fourth-order valence-corrected chi connectivity index (χ4v) is 6.94. The van der Waals surface area contributed by atoms with E-state index in [4.69, 9.17) is 31.5 Å². The van der Waals surface area contributed by atoms with Crippen molar-refractivity contribution >= 4 is 23.2 Å². The maximum Gasteiger partial charge on any atom is 0.303 e. The minimum atomic E-state index is -0.767. The first-order valence-electron chi connectivity index (χ1n) is 14.3. The van der Waals surface area contributed by atoms with Gasteiger partial charge in [0.05, 0.1) is 18.1 Å². The second kappa shape index (κ2) is 12.5. The number of rotatable bonds is 12. The standard InChI is InChI=1S/C30H40N2O4S/c33-27(34)16-13-21-11-4-5-12-22(21)18-23-25-14-15-26(36-25)28(23)29-32-24(19-35-29)30(37)31-17-7-6-10-20-8-2-1-3-9-20/h4-5,11-12,19-20,23,25-26,28H,1-3,6-10,13-18H2,(H,31,37)(H,33,34)/t23-,25+,26-,28+/m1/s1. The zero-order valence-corrected chi connectivity index (χ0v) is 22.5. The van der Waals surface area contributed by atoms with Crippen LogP contribution in [0.5, 0.6) is 0 Å². The van der Waals surface area contributed by atoms with Crippen LogP contribution >= 0.6 is 12.2 Å². The summed E-state index contributed by atoms with van der Waals surface area (Å²) >= 11 is 5.64. The Morgan fingerprint density at radius 3 is 2.65 bits per heavy atom. The van der Waals surface area contributed by atoms with Gasteiger partial charge in [-0.3, -0.25) is 4.79 Å². The third-order valence-corrected chi connectivity index (χ3v) is 9.05. The van der Waals surface area contributed by atoms with Crippen LogP contribution in [0.3, 0.4) is 0 Å². The number of hydrogen-bond donors (Lipinski definition) is 2. The van der Waals surface area contributed by atoms with Crippen molar-refractivity contribution in [1.82, 2.24) is 10.3 Å². The first kappa shape index (κ1) is 26.4. The van der Waals surface area contributed by atoms with Crippen LogP contribution in [-0.2, 0) is 22.4 Å². The van der Waals surface area contributed by atoms with Gasteiger partial charge in [0.25, 0.3) is 0 Å². The number of aryl methyl sites for hydroxylation is 1. The number of unbranched alkanes of at least 4 members (excludes halogenated alkanes) is 1. The number of oxazole rings is 1. The zero-order chi connectivity index (χ0) is 25.6. The molecule has 0 radical (unpaired) electrons. The molecule has 2 aromatic rings. The van der Waals surface area contributed by atoms with Gasteiger partial charge in [0, 0.05) is 18.9 Å². The zero-order valence-electron chi connectivity index (χ0n) is 21.7. The molecule has 7 heteroatoms. The highest BCUT2D eigenvalue weighted by molar-refractivity contribution is 7.80. The SMILES string of the molecule is O=C(O)CCc1ccccc1C[C@H]1[C@H](c2nc(C(=S)NCCCCC3CCCCC3)co2)[C@H]2CC[C@@H]1O2. The molecular weight excluding hydrogens is 484 g/mol. The molecule has 3 heterocycles. The number of ether oxygens (including phenoxy) is 1. The average molecular weight is 525 g/mol. The molecule has 37 heavy (non-hydrogen) atoms. The molecule has 2 aliphatic heterocycles. The monoisotopic (exact) mass is 524 g/mol. The van der Waals surface area contributed by atoms with Gasteiger partial charge in [0.2, 0.25) is 5.89 Å². The topological polar surface area (TPSA) is 84.6 Å². The lowest BCUT2D eigenvalue weighted by Gasteiger charge is -2.26. The molecule has 1 aromatic carbocycles. The maximum atomic E-state index is 11.1. The van der Waals surface area contributed by atoms with E-state index in [1.54, 1.807) is 6.26 Å². The number of hydrogen-bond acceptors (Lipinski definition) is 5. The molecule has 5 rings (SSSR count). The Labute approximate surface area is 225 Å². The summed E-state index contributed by atoms with van der Waals surface area (Å²) in [6.45, 7) is 0.876. The van der Waals surface area contributed by atoms with Crippen LogP contribution in [0.4, 0.5) is 0 Å². The second-order valence-electron chi connectivity index (χ2n) is 11.2. The molecule has 2 saturated heterocycles. The molecule has 3 aliphatic rings. The first-order valence-corrected chi connectivity index (χ1v) is 14.7. The average Bonchev–Trinajstić information content (AvgIpc) is 3.65. The number of aromatic nitrogens is 1. The van der Waals surface area contributed by atoms with Crippen molar-refractivity contribution < 1.29 is 19.1 Å². The van der Waals surface area contributed by atoms with Gasteiger partial charge in [-0.15, -0.1) is 0 Å². The van der Waals surface area contributed by atoms with Crippen molar-refractivity contribution in [1.29, 1.82) is 0 Å². The molecule has 2 bridgehead atoms. The van der Waals surface area contributed by atoms with Crippen LogP contribution in [0, 0.1) is 11.8 Å². The minimum absolute atomic E-state index is 0.0957. The number of thiocarbonyl (C=S) groups is 1. The van der Waals surface area contributed by atoms with Crippen LogP contribution < -0.4 is 5.32 Å². The van der Waals surface area contributed by atoms with Gasteiger partial charge in [0.1, 0.15) is 16.9 Å². The third-order valence-electron chi connectivity index (χ3n) is 8.70. The van der Waals surface area contributed by atoms with Gasteiger partial charge < -0.3 is 19.6 Å². The van der Waals surface area contributed by atoms with Gasteiger partial charge in [-0.1, -0.05) is 81.4 Å². The minimum Gasteiger partial charge on any atom is -0.481 e. The maximum absolute atomic E-state index is 11.1. The molecule has 200 valence electrons. The number of benzene rings is 1. The lowest BCUT2D eigenvalue weighted by Crippen LogP contribution is -2.28. The van der Waals surface area contributed by atoms with E-state index in [2.05, 4.69) is 11.4 Å².